The summed E-state index contributed by atoms with van der Waals surface area (Å²) in [6, 6.07) is 12.0. The summed E-state index contributed by atoms with van der Waals surface area (Å²) in [5.41, 5.74) is 0.941. The quantitative estimate of drug-likeness (QED) is 0.891. The van der Waals surface area contributed by atoms with Crippen LogP contribution in [0.2, 0.25) is 0 Å². The molecule has 0 aliphatic carbocycles. The number of halogens is 2. The highest BCUT2D eigenvalue weighted by atomic mass is 19.3. The van der Waals surface area contributed by atoms with Gasteiger partial charge in [-0.3, -0.25) is 4.79 Å². The van der Waals surface area contributed by atoms with Gasteiger partial charge in [-0.05, 0) is 35.9 Å². The predicted molar refractivity (Wildman–Crippen MR) is 72.4 cm³/mol. The zero-order valence-electron chi connectivity index (χ0n) is 10.9. The molecule has 0 heterocycles. The Labute approximate surface area is 120 Å². The highest BCUT2D eigenvalue weighted by molar-refractivity contribution is 5.94. The largest absolute Gasteiger partial charge is 0.508 e. The first kappa shape index (κ1) is 14.8. The molecule has 0 fully saturated rings. The standard InChI is InChI=1S/C15H13F2NO3/c16-15(17)21-13-6-2-4-11(8-13)14(20)18-9-10-3-1-5-12(19)7-10/h1-8,15,19H,9H2,(H,18,20). The lowest BCUT2D eigenvalue weighted by molar-refractivity contribution is -0.0498. The SMILES string of the molecule is O=C(NCc1cccc(O)c1)c1cccc(OC(F)F)c1. The van der Waals surface area contributed by atoms with E-state index >= 15 is 0 Å². The van der Waals surface area contributed by atoms with Crippen molar-refractivity contribution in [3.63, 3.8) is 0 Å². The lowest BCUT2D eigenvalue weighted by Crippen LogP contribution is -2.22. The number of nitrogens with one attached hydrogen (secondary N) is 1. The lowest BCUT2D eigenvalue weighted by atomic mass is 10.2. The van der Waals surface area contributed by atoms with Gasteiger partial charge in [0, 0.05) is 12.1 Å². The Balaban J connectivity index is 2.00. The molecule has 4 nitrogen and oxygen atoms in total. The Bertz CT molecular complexity index is 632. The minimum absolute atomic E-state index is 0.0741. The first-order chi connectivity index (χ1) is 10.0. The number of hydrogen-bond donors (Lipinski definition) is 2. The van der Waals surface area contributed by atoms with Crippen LogP contribution >= 0.6 is 0 Å². The van der Waals surface area contributed by atoms with Crippen LogP contribution in [0.4, 0.5) is 8.78 Å². The molecule has 0 aliphatic rings. The Morgan fingerprint density at radius 1 is 1.19 bits per heavy atom. The maximum Gasteiger partial charge on any atom is 0.387 e. The third-order valence-electron chi connectivity index (χ3n) is 2.69. The molecule has 0 saturated heterocycles. The average molecular weight is 293 g/mol. The first-order valence-corrected chi connectivity index (χ1v) is 6.15. The van der Waals surface area contributed by atoms with Crippen LogP contribution in [-0.2, 0) is 6.54 Å². The average Bonchev–Trinajstić information content (AvgIpc) is 2.44. The van der Waals surface area contributed by atoms with E-state index in [1.165, 1.54) is 36.4 Å². The molecule has 2 aromatic carbocycles. The fraction of sp³-hybridized carbons (Fsp3) is 0.133. The van der Waals surface area contributed by atoms with Crippen molar-refractivity contribution < 1.29 is 23.4 Å². The second-order valence-electron chi connectivity index (χ2n) is 4.26. The van der Waals surface area contributed by atoms with E-state index in [-0.39, 0.29) is 23.6 Å². The normalized spacial score (nSPS) is 10.4. The van der Waals surface area contributed by atoms with Crippen LogP contribution in [0.15, 0.2) is 48.5 Å². The highest BCUT2D eigenvalue weighted by Crippen LogP contribution is 2.16. The van der Waals surface area contributed by atoms with Crippen LogP contribution in [-0.4, -0.2) is 17.6 Å². The molecule has 0 unspecified atom stereocenters. The molecule has 110 valence electrons. The monoisotopic (exact) mass is 293 g/mol. The third-order valence-corrected chi connectivity index (χ3v) is 2.69. The maximum absolute atomic E-state index is 12.1. The van der Waals surface area contributed by atoms with Crippen LogP contribution in [0, 0.1) is 0 Å². The maximum atomic E-state index is 12.1. The van der Waals surface area contributed by atoms with Crippen molar-refractivity contribution in [2.45, 2.75) is 13.2 Å². The summed E-state index contributed by atoms with van der Waals surface area (Å²) >= 11 is 0. The summed E-state index contributed by atoms with van der Waals surface area (Å²) in [6.07, 6.45) is 0. The van der Waals surface area contributed by atoms with Gasteiger partial charge in [0.05, 0.1) is 0 Å². The molecule has 1 amide bonds. The smallest absolute Gasteiger partial charge is 0.387 e. The number of carbonyl (C=O) groups excluding carboxylic acids is 1. The molecule has 0 bridgehead atoms. The van der Waals surface area contributed by atoms with Gasteiger partial charge in [-0.2, -0.15) is 8.78 Å². The van der Waals surface area contributed by atoms with Crippen molar-refractivity contribution >= 4 is 5.91 Å². The number of aromatic hydroxyl groups is 1. The Morgan fingerprint density at radius 3 is 2.67 bits per heavy atom. The van der Waals surface area contributed by atoms with Crippen molar-refractivity contribution in [2.24, 2.45) is 0 Å². The molecule has 0 aromatic heterocycles. The summed E-state index contributed by atoms with van der Waals surface area (Å²) < 4.78 is 28.5. The fourth-order valence-electron chi connectivity index (χ4n) is 1.76. The van der Waals surface area contributed by atoms with Gasteiger partial charge in [0.25, 0.3) is 5.91 Å². The van der Waals surface area contributed by atoms with E-state index in [0.717, 1.165) is 5.56 Å². The van der Waals surface area contributed by atoms with E-state index in [1.54, 1.807) is 12.1 Å². The number of phenolic OH excluding ortho intramolecular Hbond substituents is 1. The van der Waals surface area contributed by atoms with Crippen LogP contribution < -0.4 is 10.1 Å². The number of ether oxygens (including phenoxy) is 1. The van der Waals surface area contributed by atoms with E-state index in [2.05, 4.69) is 10.1 Å². The number of carbonyl (C=O) groups is 1. The van der Waals surface area contributed by atoms with Crippen molar-refractivity contribution in [2.75, 3.05) is 0 Å². The molecule has 21 heavy (non-hydrogen) atoms. The van der Waals surface area contributed by atoms with E-state index in [9.17, 15) is 18.7 Å². The molecule has 2 aromatic rings. The van der Waals surface area contributed by atoms with Gasteiger partial charge in [-0.15, -0.1) is 0 Å². The summed E-state index contributed by atoms with van der Waals surface area (Å²) in [5, 5.41) is 11.9. The second-order valence-corrected chi connectivity index (χ2v) is 4.26. The zero-order valence-corrected chi connectivity index (χ0v) is 10.9. The van der Waals surface area contributed by atoms with Gasteiger partial charge in [0.15, 0.2) is 0 Å². The zero-order chi connectivity index (χ0) is 15.2. The molecule has 0 atom stereocenters. The van der Waals surface area contributed by atoms with Gasteiger partial charge in [0.2, 0.25) is 0 Å². The van der Waals surface area contributed by atoms with E-state index in [4.69, 9.17) is 0 Å². The van der Waals surface area contributed by atoms with E-state index < -0.39 is 12.5 Å². The topological polar surface area (TPSA) is 58.6 Å². The fourth-order valence-corrected chi connectivity index (χ4v) is 1.76. The number of phenols is 1. The van der Waals surface area contributed by atoms with Crippen molar-refractivity contribution in [3.8, 4) is 11.5 Å². The van der Waals surface area contributed by atoms with Crippen molar-refractivity contribution in [1.29, 1.82) is 0 Å². The Hall–Kier alpha value is -2.63. The Morgan fingerprint density at radius 2 is 1.95 bits per heavy atom. The van der Waals surface area contributed by atoms with Gasteiger partial charge >= 0.3 is 6.61 Å². The van der Waals surface area contributed by atoms with Gasteiger partial charge < -0.3 is 15.2 Å². The molecule has 0 saturated carbocycles. The minimum atomic E-state index is -2.93. The summed E-state index contributed by atoms with van der Waals surface area (Å²) in [6.45, 7) is -2.72. The minimum Gasteiger partial charge on any atom is -0.508 e. The second kappa shape index (κ2) is 6.69. The third kappa shape index (κ3) is 4.45. The highest BCUT2D eigenvalue weighted by Gasteiger charge is 2.09. The van der Waals surface area contributed by atoms with Crippen LogP contribution in [0.25, 0.3) is 0 Å². The lowest BCUT2D eigenvalue weighted by Gasteiger charge is -2.08. The Kier molecular flexibility index (Phi) is 4.71. The summed E-state index contributed by atoms with van der Waals surface area (Å²) in [7, 11) is 0. The first-order valence-electron chi connectivity index (χ1n) is 6.15. The summed E-state index contributed by atoms with van der Waals surface area (Å²) in [4.78, 5) is 11.9. The predicted octanol–water partition coefficient (Wildman–Crippen LogP) is 2.92. The van der Waals surface area contributed by atoms with Crippen LogP contribution in [0.3, 0.4) is 0 Å². The number of amides is 1. The molecule has 0 radical (unpaired) electrons. The van der Waals surface area contributed by atoms with Gasteiger partial charge in [-0.25, -0.2) is 0 Å². The number of rotatable bonds is 5. The van der Waals surface area contributed by atoms with Crippen molar-refractivity contribution in [3.05, 3.63) is 59.7 Å². The van der Waals surface area contributed by atoms with E-state index in [1.807, 2.05) is 0 Å². The molecule has 2 rings (SSSR count). The van der Waals surface area contributed by atoms with Gasteiger partial charge in [-0.1, -0.05) is 18.2 Å². The molecular weight excluding hydrogens is 280 g/mol. The number of hydrogen-bond acceptors (Lipinski definition) is 3. The van der Waals surface area contributed by atoms with Crippen molar-refractivity contribution in [1.82, 2.24) is 5.32 Å². The van der Waals surface area contributed by atoms with E-state index in [0.29, 0.717) is 0 Å². The molecule has 2 N–H and O–H groups in total. The van der Waals surface area contributed by atoms with Crippen LogP contribution in [0.5, 0.6) is 11.5 Å². The molecular formula is C15H13F2NO3. The van der Waals surface area contributed by atoms with Crippen LogP contribution in [0.1, 0.15) is 15.9 Å². The molecule has 0 spiro atoms. The van der Waals surface area contributed by atoms with Gasteiger partial charge in [0.1, 0.15) is 11.5 Å². The summed E-state index contributed by atoms with van der Waals surface area (Å²) in [5.74, 6) is -0.387. The number of alkyl halides is 2. The molecule has 6 heteroatoms. The molecule has 0 aliphatic heterocycles. The number of benzene rings is 2.